The summed E-state index contributed by atoms with van der Waals surface area (Å²) in [4.78, 5) is 29.4. The quantitative estimate of drug-likeness (QED) is 0.800. The molecular weight excluding hydrogens is 244 g/mol. The molecule has 1 aliphatic heterocycles. The minimum atomic E-state index is -0.347. The van der Waals surface area contributed by atoms with Crippen LogP contribution in [-0.2, 0) is 4.79 Å². The highest BCUT2D eigenvalue weighted by Crippen LogP contribution is 2.20. The van der Waals surface area contributed by atoms with Crippen molar-refractivity contribution >= 4 is 17.5 Å². The Bertz CT molecular complexity index is 515. The summed E-state index contributed by atoms with van der Waals surface area (Å²) < 4.78 is 0. The number of piperidine rings is 1. The molecule has 1 unspecified atom stereocenters. The van der Waals surface area contributed by atoms with Gasteiger partial charge in [0.05, 0.1) is 29.1 Å². The number of nitrogens with two attached hydrogens (primary N) is 2. The predicted molar refractivity (Wildman–Crippen MR) is 71.2 cm³/mol. The summed E-state index contributed by atoms with van der Waals surface area (Å²) in [6.07, 6.45) is 3.05. The van der Waals surface area contributed by atoms with Crippen molar-refractivity contribution in [3.8, 4) is 0 Å². The first kappa shape index (κ1) is 13.3. The van der Waals surface area contributed by atoms with Gasteiger partial charge in [-0.15, -0.1) is 0 Å². The molecule has 0 saturated carbocycles. The maximum atomic E-state index is 12.4. The SMILES string of the molecule is Cc1ncc(N)cc1C(=O)N1CCCC(C(N)=O)C1. The van der Waals surface area contributed by atoms with Gasteiger partial charge < -0.3 is 16.4 Å². The number of nitrogens with zero attached hydrogens (tertiary/aromatic N) is 2. The topological polar surface area (TPSA) is 102 Å². The molecule has 0 aromatic carbocycles. The number of carbonyl (C=O) groups excluding carboxylic acids is 2. The normalized spacial score (nSPS) is 19.2. The Hall–Kier alpha value is -2.11. The Kier molecular flexibility index (Phi) is 3.69. The fourth-order valence-electron chi connectivity index (χ4n) is 2.33. The number of anilines is 1. The van der Waals surface area contributed by atoms with Crippen LogP contribution in [0.5, 0.6) is 0 Å². The molecule has 0 spiro atoms. The third kappa shape index (κ3) is 2.83. The second kappa shape index (κ2) is 5.26. The second-order valence-electron chi connectivity index (χ2n) is 4.89. The Labute approximate surface area is 111 Å². The molecule has 2 amide bonds. The molecule has 1 aromatic heterocycles. The van der Waals surface area contributed by atoms with Crippen LogP contribution in [0.4, 0.5) is 5.69 Å². The lowest BCUT2D eigenvalue weighted by atomic mass is 9.96. The third-order valence-corrected chi connectivity index (χ3v) is 3.45. The molecule has 2 heterocycles. The smallest absolute Gasteiger partial charge is 0.255 e. The van der Waals surface area contributed by atoms with Crippen LogP contribution in [-0.4, -0.2) is 34.8 Å². The van der Waals surface area contributed by atoms with Gasteiger partial charge in [-0.05, 0) is 25.8 Å². The first-order chi connectivity index (χ1) is 8.99. The minimum Gasteiger partial charge on any atom is -0.397 e. The van der Waals surface area contributed by atoms with Crippen LogP contribution in [0.3, 0.4) is 0 Å². The molecule has 102 valence electrons. The monoisotopic (exact) mass is 262 g/mol. The first-order valence-corrected chi connectivity index (χ1v) is 6.29. The second-order valence-corrected chi connectivity index (χ2v) is 4.89. The summed E-state index contributed by atoms with van der Waals surface area (Å²) in [7, 11) is 0. The maximum Gasteiger partial charge on any atom is 0.255 e. The van der Waals surface area contributed by atoms with Crippen molar-refractivity contribution in [2.45, 2.75) is 19.8 Å². The Morgan fingerprint density at radius 2 is 2.21 bits per heavy atom. The van der Waals surface area contributed by atoms with Crippen molar-refractivity contribution in [1.29, 1.82) is 0 Å². The summed E-state index contributed by atoms with van der Waals surface area (Å²) in [5, 5.41) is 0. The molecule has 6 heteroatoms. The van der Waals surface area contributed by atoms with Gasteiger partial charge in [0.1, 0.15) is 0 Å². The Balaban J connectivity index is 2.19. The van der Waals surface area contributed by atoms with Crippen LogP contribution >= 0.6 is 0 Å². The van der Waals surface area contributed by atoms with Gasteiger partial charge in [0.15, 0.2) is 0 Å². The highest BCUT2D eigenvalue weighted by Gasteiger charge is 2.28. The number of rotatable bonds is 2. The van der Waals surface area contributed by atoms with Gasteiger partial charge in [-0.3, -0.25) is 14.6 Å². The zero-order valence-electron chi connectivity index (χ0n) is 10.9. The van der Waals surface area contributed by atoms with E-state index in [2.05, 4.69) is 4.98 Å². The molecule has 2 rings (SSSR count). The van der Waals surface area contributed by atoms with Gasteiger partial charge in [0.25, 0.3) is 5.91 Å². The standard InChI is InChI=1S/C13H18N4O2/c1-8-11(5-10(14)6-16-8)13(19)17-4-2-3-9(7-17)12(15)18/h5-6,9H,2-4,7,14H2,1H3,(H2,15,18). The van der Waals surface area contributed by atoms with E-state index < -0.39 is 0 Å². The lowest BCUT2D eigenvalue weighted by Gasteiger charge is -2.31. The van der Waals surface area contributed by atoms with Gasteiger partial charge in [-0.25, -0.2) is 0 Å². The van der Waals surface area contributed by atoms with E-state index in [1.165, 1.54) is 6.20 Å². The van der Waals surface area contributed by atoms with Crippen molar-refractivity contribution in [3.63, 3.8) is 0 Å². The number of carbonyl (C=O) groups is 2. The van der Waals surface area contributed by atoms with Crippen LogP contribution < -0.4 is 11.5 Å². The van der Waals surface area contributed by atoms with Crippen LogP contribution in [0, 0.1) is 12.8 Å². The summed E-state index contributed by atoms with van der Waals surface area (Å²) >= 11 is 0. The summed E-state index contributed by atoms with van der Waals surface area (Å²) in [6, 6.07) is 1.62. The predicted octanol–water partition coefficient (Wildman–Crippen LogP) is 0.310. The fourth-order valence-corrected chi connectivity index (χ4v) is 2.33. The van der Waals surface area contributed by atoms with Crippen LogP contribution in [0.1, 0.15) is 28.9 Å². The van der Waals surface area contributed by atoms with Gasteiger partial charge in [-0.1, -0.05) is 0 Å². The van der Waals surface area contributed by atoms with E-state index in [9.17, 15) is 9.59 Å². The maximum absolute atomic E-state index is 12.4. The molecule has 0 aliphatic carbocycles. The number of aromatic nitrogens is 1. The fraction of sp³-hybridized carbons (Fsp3) is 0.462. The molecule has 6 nitrogen and oxygen atoms in total. The van der Waals surface area contributed by atoms with E-state index >= 15 is 0 Å². The van der Waals surface area contributed by atoms with Crippen molar-refractivity contribution in [3.05, 3.63) is 23.5 Å². The third-order valence-electron chi connectivity index (χ3n) is 3.45. The molecule has 19 heavy (non-hydrogen) atoms. The largest absolute Gasteiger partial charge is 0.397 e. The highest BCUT2D eigenvalue weighted by molar-refractivity contribution is 5.96. The van der Waals surface area contributed by atoms with Gasteiger partial charge >= 0.3 is 0 Å². The van der Waals surface area contributed by atoms with Gasteiger partial charge in [0, 0.05) is 13.1 Å². The van der Waals surface area contributed by atoms with Crippen molar-refractivity contribution < 1.29 is 9.59 Å². The Morgan fingerprint density at radius 3 is 2.89 bits per heavy atom. The minimum absolute atomic E-state index is 0.136. The van der Waals surface area contributed by atoms with E-state index in [0.29, 0.717) is 30.0 Å². The van der Waals surface area contributed by atoms with Crippen molar-refractivity contribution in [2.24, 2.45) is 11.7 Å². The van der Waals surface area contributed by atoms with Crippen LogP contribution in [0.2, 0.25) is 0 Å². The van der Waals surface area contributed by atoms with Crippen LogP contribution in [0.25, 0.3) is 0 Å². The van der Waals surface area contributed by atoms with E-state index in [1.54, 1.807) is 17.9 Å². The highest BCUT2D eigenvalue weighted by atomic mass is 16.2. The van der Waals surface area contributed by atoms with E-state index in [4.69, 9.17) is 11.5 Å². The molecule has 1 atom stereocenters. The molecule has 4 N–H and O–H groups in total. The Morgan fingerprint density at radius 1 is 1.47 bits per heavy atom. The number of amides is 2. The molecular formula is C13H18N4O2. The summed E-state index contributed by atoms with van der Waals surface area (Å²) in [5.74, 6) is -0.741. The van der Waals surface area contributed by atoms with E-state index in [1.807, 2.05) is 0 Å². The van der Waals surface area contributed by atoms with E-state index in [-0.39, 0.29) is 17.7 Å². The average molecular weight is 262 g/mol. The first-order valence-electron chi connectivity index (χ1n) is 6.29. The van der Waals surface area contributed by atoms with Gasteiger partial charge in [0.2, 0.25) is 5.91 Å². The van der Waals surface area contributed by atoms with E-state index in [0.717, 1.165) is 12.8 Å². The van der Waals surface area contributed by atoms with Gasteiger partial charge in [-0.2, -0.15) is 0 Å². The molecule has 1 fully saturated rings. The summed E-state index contributed by atoms with van der Waals surface area (Å²) in [6.45, 7) is 2.78. The summed E-state index contributed by atoms with van der Waals surface area (Å²) in [5.41, 5.74) is 12.6. The number of hydrogen-bond acceptors (Lipinski definition) is 4. The number of aryl methyl sites for hydroxylation is 1. The number of primary amides is 1. The molecule has 0 bridgehead atoms. The number of pyridine rings is 1. The number of hydrogen-bond donors (Lipinski definition) is 2. The average Bonchev–Trinajstić information content (AvgIpc) is 2.41. The molecule has 1 aliphatic rings. The lowest BCUT2D eigenvalue weighted by Crippen LogP contribution is -2.44. The zero-order chi connectivity index (χ0) is 14.0. The van der Waals surface area contributed by atoms with Crippen LogP contribution in [0.15, 0.2) is 12.3 Å². The molecule has 1 aromatic rings. The molecule has 0 radical (unpaired) electrons. The number of nitrogen functional groups attached to an aromatic ring is 1. The van der Waals surface area contributed by atoms with Crippen molar-refractivity contribution in [2.75, 3.05) is 18.8 Å². The zero-order valence-corrected chi connectivity index (χ0v) is 10.9. The number of likely N-dealkylation sites (tertiary alicyclic amines) is 1. The lowest BCUT2D eigenvalue weighted by molar-refractivity contribution is -0.123. The molecule has 1 saturated heterocycles. The van der Waals surface area contributed by atoms with Crippen molar-refractivity contribution in [1.82, 2.24) is 9.88 Å².